The van der Waals surface area contributed by atoms with Gasteiger partial charge in [-0.3, -0.25) is 0 Å². The van der Waals surface area contributed by atoms with Crippen LogP contribution in [0.25, 0.3) is 0 Å². The Hall–Kier alpha value is -1.56. The fourth-order valence-corrected chi connectivity index (χ4v) is 4.51. The van der Waals surface area contributed by atoms with E-state index in [1.54, 1.807) is 0 Å². The molecule has 0 aliphatic heterocycles. The molecule has 0 aliphatic rings. The lowest BCUT2D eigenvalue weighted by Crippen LogP contribution is -2.18. The topological polar surface area (TPSA) is 0 Å². The molecule has 0 aliphatic carbocycles. The van der Waals surface area contributed by atoms with E-state index in [1.165, 1.54) is 52.6 Å². The Bertz CT molecular complexity index is 777. The van der Waals surface area contributed by atoms with Gasteiger partial charge in [0.2, 0.25) is 0 Å². The van der Waals surface area contributed by atoms with Crippen LogP contribution < -0.4 is 0 Å². The molecule has 0 heteroatoms. The van der Waals surface area contributed by atoms with Crippen molar-refractivity contribution in [2.45, 2.75) is 98.8 Å². The van der Waals surface area contributed by atoms with E-state index in [1.807, 2.05) is 0 Å². The van der Waals surface area contributed by atoms with E-state index in [0.717, 1.165) is 0 Å². The highest BCUT2D eigenvalue weighted by Crippen LogP contribution is 2.35. The lowest BCUT2D eigenvalue weighted by atomic mass is 9.76. The van der Waals surface area contributed by atoms with Gasteiger partial charge in [0.15, 0.2) is 0 Å². The Morgan fingerprint density at radius 3 is 1.93 bits per heavy atom. The second kappa shape index (κ2) is 9.29. The van der Waals surface area contributed by atoms with Crippen LogP contribution in [0, 0.1) is 19.8 Å². The quantitative estimate of drug-likeness (QED) is 0.432. The molecule has 154 valence electrons. The molecule has 0 bridgehead atoms. The molecule has 2 aromatic rings. The highest BCUT2D eigenvalue weighted by Gasteiger charge is 2.23. The molecule has 28 heavy (non-hydrogen) atoms. The maximum atomic E-state index is 2.42. The van der Waals surface area contributed by atoms with E-state index in [9.17, 15) is 0 Å². The summed E-state index contributed by atoms with van der Waals surface area (Å²) in [5.41, 5.74) is 9.06. The van der Waals surface area contributed by atoms with Gasteiger partial charge >= 0.3 is 0 Å². The fraction of sp³-hybridized carbons (Fsp3) is 0.571. The molecule has 0 radical (unpaired) electrons. The fourth-order valence-electron chi connectivity index (χ4n) is 4.51. The Labute approximate surface area is 174 Å². The van der Waals surface area contributed by atoms with Crippen LogP contribution in [0.3, 0.4) is 0 Å². The van der Waals surface area contributed by atoms with Crippen molar-refractivity contribution in [3.8, 4) is 0 Å². The Morgan fingerprint density at radius 1 is 0.786 bits per heavy atom. The van der Waals surface area contributed by atoms with Crippen LogP contribution in [0.5, 0.6) is 0 Å². The van der Waals surface area contributed by atoms with Gasteiger partial charge in [0.05, 0.1) is 0 Å². The molecule has 2 aromatic carbocycles. The first-order valence-electron chi connectivity index (χ1n) is 11.2. The summed E-state index contributed by atoms with van der Waals surface area (Å²) in [4.78, 5) is 0. The summed E-state index contributed by atoms with van der Waals surface area (Å²) in [5.74, 6) is 1.91. The van der Waals surface area contributed by atoms with Crippen molar-refractivity contribution >= 4 is 0 Å². The molecular weight excluding hydrogens is 336 g/mol. The third-order valence-corrected chi connectivity index (χ3v) is 6.38. The number of aryl methyl sites for hydroxylation is 2. The van der Waals surface area contributed by atoms with Gasteiger partial charge in [-0.25, -0.2) is 0 Å². The second-order valence-corrected chi connectivity index (χ2v) is 10.3. The van der Waals surface area contributed by atoms with E-state index in [2.05, 4.69) is 98.7 Å². The third-order valence-electron chi connectivity index (χ3n) is 6.38. The lowest BCUT2D eigenvalue weighted by molar-refractivity contribution is 0.438. The highest BCUT2D eigenvalue weighted by atomic mass is 14.3. The largest absolute Gasteiger partial charge is 0.0625 e. The zero-order chi connectivity index (χ0) is 21.1. The minimum absolute atomic E-state index is 0.208. The summed E-state index contributed by atoms with van der Waals surface area (Å²) >= 11 is 0. The van der Waals surface area contributed by atoms with Crippen LogP contribution in [0.4, 0.5) is 0 Å². The Kier molecular flexibility index (Phi) is 7.54. The van der Waals surface area contributed by atoms with Crippen molar-refractivity contribution in [3.05, 3.63) is 69.8 Å². The van der Waals surface area contributed by atoms with Crippen LogP contribution in [0.2, 0.25) is 0 Å². The predicted octanol–water partition coefficient (Wildman–Crippen LogP) is 8.49. The number of hydrogen-bond acceptors (Lipinski definition) is 0. The number of hydrogen-bond donors (Lipinski definition) is 0. The van der Waals surface area contributed by atoms with Gasteiger partial charge in [0.25, 0.3) is 0 Å². The Balaban J connectivity index is 2.08. The second-order valence-electron chi connectivity index (χ2n) is 10.3. The van der Waals surface area contributed by atoms with Crippen LogP contribution >= 0.6 is 0 Å². The van der Waals surface area contributed by atoms with Gasteiger partial charge in [-0.15, -0.1) is 0 Å². The van der Waals surface area contributed by atoms with E-state index in [4.69, 9.17) is 0 Å². The zero-order valence-electron chi connectivity index (χ0n) is 19.8. The summed E-state index contributed by atoms with van der Waals surface area (Å²) < 4.78 is 0. The summed E-state index contributed by atoms with van der Waals surface area (Å²) in [6, 6.07) is 14.3. The minimum atomic E-state index is 0.208. The molecule has 0 heterocycles. The molecule has 1 unspecified atom stereocenters. The monoisotopic (exact) mass is 378 g/mol. The van der Waals surface area contributed by atoms with Gasteiger partial charge in [-0.2, -0.15) is 0 Å². The standard InChI is InChI=1S/C28H42/c1-19(2)16-24-10-12-27(22(6)17-24)21(5)14-15-28(8,9)25-11-13-26(20(3)4)23(7)18-25/h10-13,17-21H,14-16H2,1-9H3. The molecule has 0 aromatic heterocycles. The molecule has 0 nitrogen and oxygen atoms in total. The molecule has 0 amide bonds. The lowest BCUT2D eigenvalue weighted by Gasteiger charge is -2.28. The van der Waals surface area contributed by atoms with E-state index < -0.39 is 0 Å². The van der Waals surface area contributed by atoms with Crippen molar-refractivity contribution in [2.24, 2.45) is 5.92 Å². The number of rotatable bonds is 8. The summed E-state index contributed by atoms with van der Waals surface area (Å²) in [5, 5.41) is 0. The molecule has 0 saturated heterocycles. The molecule has 2 rings (SSSR count). The van der Waals surface area contributed by atoms with Crippen molar-refractivity contribution in [1.29, 1.82) is 0 Å². The normalized spacial score (nSPS) is 13.4. The van der Waals surface area contributed by atoms with Crippen molar-refractivity contribution in [1.82, 2.24) is 0 Å². The highest BCUT2D eigenvalue weighted by molar-refractivity contribution is 5.37. The molecule has 0 N–H and O–H groups in total. The van der Waals surface area contributed by atoms with Crippen molar-refractivity contribution in [2.75, 3.05) is 0 Å². The number of benzene rings is 2. The molecule has 0 fully saturated rings. The van der Waals surface area contributed by atoms with E-state index in [0.29, 0.717) is 17.8 Å². The average Bonchev–Trinajstić information content (AvgIpc) is 2.59. The summed E-state index contributed by atoms with van der Waals surface area (Å²) in [6.45, 7) is 20.9. The van der Waals surface area contributed by atoms with Gasteiger partial charge in [-0.1, -0.05) is 84.9 Å². The minimum Gasteiger partial charge on any atom is -0.0625 e. The smallest absolute Gasteiger partial charge is 0.0103 e. The predicted molar refractivity (Wildman–Crippen MR) is 126 cm³/mol. The average molecular weight is 379 g/mol. The van der Waals surface area contributed by atoms with E-state index >= 15 is 0 Å². The van der Waals surface area contributed by atoms with Crippen molar-refractivity contribution < 1.29 is 0 Å². The molecular formula is C28H42. The van der Waals surface area contributed by atoms with Crippen LogP contribution in [0.15, 0.2) is 36.4 Å². The SMILES string of the molecule is Cc1cc(C(C)(C)CCC(C)c2ccc(CC(C)C)cc2C)ccc1C(C)C. The van der Waals surface area contributed by atoms with E-state index in [-0.39, 0.29) is 5.41 Å². The summed E-state index contributed by atoms with van der Waals surface area (Å²) in [7, 11) is 0. The molecule has 1 atom stereocenters. The van der Waals surface area contributed by atoms with Gasteiger partial charge < -0.3 is 0 Å². The van der Waals surface area contributed by atoms with Crippen molar-refractivity contribution in [3.63, 3.8) is 0 Å². The first-order valence-corrected chi connectivity index (χ1v) is 11.2. The Morgan fingerprint density at radius 2 is 1.39 bits per heavy atom. The van der Waals surface area contributed by atoms with Crippen LogP contribution in [-0.4, -0.2) is 0 Å². The van der Waals surface area contributed by atoms with Crippen LogP contribution in [-0.2, 0) is 11.8 Å². The molecule has 0 spiro atoms. The van der Waals surface area contributed by atoms with Gasteiger partial charge in [-0.05, 0) is 89.7 Å². The van der Waals surface area contributed by atoms with Crippen LogP contribution in [0.1, 0.15) is 107 Å². The molecule has 0 saturated carbocycles. The van der Waals surface area contributed by atoms with Gasteiger partial charge in [0.1, 0.15) is 0 Å². The summed E-state index contributed by atoms with van der Waals surface area (Å²) in [6.07, 6.45) is 3.61. The first-order chi connectivity index (χ1) is 13.0. The maximum absolute atomic E-state index is 2.42. The maximum Gasteiger partial charge on any atom is -0.0103 e. The zero-order valence-corrected chi connectivity index (χ0v) is 19.8. The van der Waals surface area contributed by atoms with Gasteiger partial charge in [0, 0.05) is 0 Å². The first kappa shape index (κ1) is 22.7. The third kappa shape index (κ3) is 5.72.